The van der Waals surface area contributed by atoms with Gasteiger partial charge in [0, 0.05) is 21.3 Å². The fourth-order valence-corrected chi connectivity index (χ4v) is 4.41. The first-order valence-electron chi connectivity index (χ1n) is 9.79. The molecular weight excluding hydrogens is 449 g/mol. The maximum absolute atomic E-state index is 13.2. The van der Waals surface area contributed by atoms with Crippen molar-refractivity contribution < 1.29 is 19.4 Å². The normalized spacial score (nSPS) is 17.6. The molecule has 0 saturated carbocycles. The molecule has 1 saturated heterocycles. The van der Waals surface area contributed by atoms with Crippen LogP contribution in [0.5, 0.6) is 5.75 Å². The van der Waals surface area contributed by atoms with Crippen molar-refractivity contribution in [3.63, 3.8) is 0 Å². The van der Waals surface area contributed by atoms with Crippen LogP contribution in [0.1, 0.15) is 22.7 Å². The molecule has 5 nitrogen and oxygen atoms in total. The van der Waals surface area contributed by atoms with Crippen LogP contribution in [-0.4, -0.2) is 23.9 Å². The summed E-state index contributed by atoms with van der Waals surface area (Å²) in [6, 6.07) is 17.9. The SMILES string of the molecule is COc1cccc(/C(O)=C2\C(=O)C(=O)N(c3cc(Cl)cc(Cl)c3)C2c2ccccc2C)c1. The fraction of sp³-hybridized carbons (Fsp3) is 0.120. The van der Waals surface area contributed by atoms with E-state index in [1.54, 1.807) is 42.5 Å². The van der Waals surface area contributed by atoms with Gasteiger partial charge >= 0.3 is 0 Å². The Kier molecular flexibility index (Phi) is 5.96. The molecule has 162 valence electrons. The van der Waals surface area contributed by atoms with Crippen molar-refractivity contribution in [2.24, 2.45) is 0 Å². The van der Waals surface area contributed by atoms with E-state index in [1.807, 2.05) is 31.2 Å². The summed E-state index contributed by atoms with van der Waals surface area (Å²) in [6.45, 7) is 1.88. The number of aliphatic hydroxyl groups is 1. The molecule has 1 amide bonds. The Bertz CT molecular complexity index is 1250. The molecule has 32 heavy (non-hydrogen) atoms. The van der Waals surface area contributed by atoms with Crippen molar-refractivity contribution in [2.45, 2.75) is 13.0 Å². The quantitative estimate of drug-likeness (QED) is 0.293. The second-order valence-electron chi connectivity index (χ2n) is 7.39. The highest BCUT2D eigenvalue weighted by Gasteiger charge is 2.47. The molecule has 1 N–H and O–H groups in total. The minimum Gasteiger partial charge on any atom is -0.507 e. The fourth-order valence-electron chi connectivity index (χ4n) is 3.89. The number of hydrogen-bond acceptors (Lipinski definition) is 4. The molecule has 7 heteroatoms. The highest BCUT2D eigenvalue weighted by molar-refractivity contribution is 6.52. The summed E-state index contributed by atoms with van der Waals surface area (Å²) in [6.07, 6.45) is 0. The molecule has 0 spiro atoms. The summed E-state index contributed by atoms with van der Waals surface area (Å²) in [5.74, 6) is -1.35. The van der Waals surface area contributed by atoms with Crippen molar-refractivity contribution in [2.75, 3.05) is 12.0 Å². The van der Waals surface area contributed by atoms with Crippen molar-refractivity contribution in [3.8, 4) is 5.75 Å². The van der Waals surface area contributed by atoms with E-state index < -0.39 is 17.7 Å². The van der Waals surface area contributed by atoms with Gasteiger partial charge in [0.25, 0.3) is 11.7 Å². The molecule has 1 atom stereocenters. The molecule has 1 aliphatic heterocycles. The van der Waals surface area contributed by atoms with Gasteiger partial charge in [0.15, 0.2) is 0 Å². The molecule has 0 aliphatic carbocycles. The number of hydrogen-bond donors (Lipinski definition) is 1. The number of Topliss-reactive ketones (excluding diaryl/α,β-unsaturated/α-hetero) is 1. The van der Waals surface area contributed by atoms with Gasteiger partial charge in [0.05, 0.1) is 18.7 Å². The molecule has 3 aromatic carbocycles. The molecule has 0 aromatic heterocycles. The van der Waals surface area contributed by atoms with Gasteiger partial charge in [-0.1, -0.05) is 59.6 Å². The first-order chi connectivity index (χ1) is 15.3. The van der Waals surface area contributed by atoms with Gasteiger partial charge in [0.2, 0.25) is 0 Å². The van der Waals surface area contributed by atoms with Crippen molar-refractivity contribution >= 4 is 46.3 Å². The number of benzene rings is 3. The average molecular weight is 468 g/mol. The van der Waals surface area contributed by atoms with E-state index in [4.69, 9.17) is 27.9 Å². The average Bonchev–Trinajstić information content (AvgIpc) is 3.03. The highest BCUT2D eigenvalue weighted by Crippen LogP contribution is 2.44. The second-order valence-corrected chi connectivity index (χ2v) is 8.26. The molecule has 4 rings (SSSR count). The number of ketones is 1. The Morgan fingerprint density at radius 3 is 2.31 bits per heavy atom. The van der Waals surface area contributed by atoms with Gasteiger partial charge in [0.1, 0.15) is 11.5 Å². The summed E-state index contributed by atoms with van der Waals surface area (Å²) >= 11 is 12.4. The maximum Gasteiger partial charge on any atom is 0.300 e. The number of carbonyl (C=O) groups is 2. The Morgan fingerprint density at radius 2 is 1.66 bits per heavy atom. The third kappa shape index (κ3) is 3.85. The molecule has 0 radical (unpaired) electrons. The van der Waals surface area contributed by atoms with Crippen molar-refractivity contribution in [3.05, 3.63) is 99.0 Å². The van der Waals surface area contributed by atoms with Crippen LogP contribution in [0.3, 0.4) is 0 Å². The van der Waals surface area contributed by atoms with Gasteiger partial charge in [-0.15, -0.1) is 0 Å². The largest absolute Gasteiger partial charge is 0.507 e. The van der Waals surface area contributed by atoms with E-state index in [1.165, 1.54) is 12.0 Å². The van der Waals surface area contributed by atoms with Crippen LogP contribution < -0.4 is 9.64 Å². The van der Waals surface area contributed by atoms with Crippen LogP contribution in [0.4, 0.5) is 5.69 Å². The lowest BCUT2D eigenvalue weighted by Gasteiger charge is -2.27. The number of ether oxygens (including phenoxy) is 1. The lowest BCUT2D eigenvalue weighted by molar-refractivity contribution is -0.132. The van der Waals surface area contributed by atoms with Gasteiger partial charge in [-0.3, -0.25) is 14.5 Å². The lowest BCUT2D eigenvalue weighted by Crippen LogP contribution is -2.29. The Hall–Kier alpha value is -3.28. The van der Waals surface area contributed by atoms with Crippen LogP contribution in [0.15, 0.2) is 72.3 Å². The monoisotopic (exact) mass is 467 g/mol. The van der Waals surface area contributed by atoms with Crippen LogP contribution in [0, 0.1) is 6.92 Å². The summed E-state index contributed by atoms with van der Waals surface area (Å²) in [4.78, 5) is 27.8. The van der Waals surface area contributed by atoms with Gasteiger partial charge < -0.3 is 9.84 Å². The smallest absolute Gasteiger partial charge is 0.300 e. The topological polar surface area (TPSA) is 66.8 Å². The van der Waals surface area contributed by atoms with E-state index >= 15 is 0 Å². The first-order valence-corrected chi connectivity index (χ1v) is 10.5. The van der Waals surface area contributed by atoms with E-state index in [-0.39, 0.29) is 11.3 Å². The highest BCUT2D eigenvalue weighted by atomic mass is 35.5. The number of nitrogens with zero attached hydrogens (tertiary/aromatic N) is 1. The van der Waals surface area contributed by atoms with Crippen LogP contribution in [0.25, 0.3) is 5.76 Å². The van der Waals surface area contributed by atoms with E-state index in [2.05, 4.69) is 0 Å². The number of aliphatic hydroxyl groups excluding tert-OH is 1. The summed E-state index contributed by atoms with van der Waals surface area (Å²) in [5.41, 5.74) is 2.27. The first kappa shape index (κ1) is 21.9. The van der Waals surface area contributed by atoms with E-state index in [0.29, 0.717) is 32.6 Å². The molecule has 1 fully saturated rings. The van der Waals surface area contributed by atoms with Crippen LogP contribution >= 0.6 is 23.2 Å². The minimum absolute atomic E-state index is 0.0198. The number of carbonyl (C=O) groups excluding carboxylic acids is 2. The third-order valence-electron chi connectivity index (χ3n) is 5.40. The number of halogens is 2. The predicted molar refractivity (Wildman–Crippen MR) is 125 cm³/mol. The third-order valence-corrected chi connectivity index (χ3v) is 5.83. The van der Waals surface area contributed by atoms with Crippen molar-refractivity contribution in [1.82, 2.24) is 0 Å². The molecule has 3 aromatic rings. The number of amides is 1. The molecule has 0 bridgehead atoms. The predicted octanol–water partition coefficient (Wildman–Crippen LogP) is 5.94. The molecule has 1 unspecified atom stereocenters. The zero-order valence-electron chi connectivity index (χ0n) is 17.3. The second kappa shape index (κ2) is 8.69. The summed E-state index contributed by atoms with van der Waals surface area (Å²) < 4.78 is 5.24. The zero-order chi connectivity index (χ0) is 23.0. The summed E-state index contributed by atoms with van der Waals surface area (Å²) in [5, 5.41) is 11.8. The van der Waals surface area contributed by atoms with E-state index in [9.17, 15) is 14.7 Å². The van der Waals surface area contributed by atoms with Gasteiger partial charge in [-0.25, -0.2) is 0 Å². The Balaban J connectivity index is 1.99. The number of aryl methyl sites for hydroxylation is 1. The number of anilines is 1. The standard InChI is InChI=1S/C25H19Cl2NO4/c1-14-6-3-4-9-20(14)22-21(23(29)15-7-5-8-19(10-15)32-2)24(30)25(31)28(22)18-12-16(26)11-17(27)13-18/h3-13,22,29H,1-2H3/b23-21+. The molecular formula is C25H19Cl2NO4. The van der Waals surface area contributed by atoms with Crippen molar-refractivity contribution in [1.29, 1.82) is 0 Å². The van der Waals surface area contributed by atoms with Gasteiger partial charge in [-0.2, -0.15) is 0 Å². The zero-order valence-corrected chi connectivity index (χ0v) is 18.8. The number of methoxy groups -OCH3 is 1. The van der Waals surface area contributed by atoms with Crippen LogP contribution in [-0.2, 0) is 9.59 Å². The Morgan fingerprint density at radius 1 is 0.969 bits per heavy atom. The maximum atomic E-state index is 13.2. The van der Waals surface area contributed by atoms with Crippen LogP contribution in [0.2, 0.25) is 10.0 Å². The minimum atomic E-state index is -0.864. The molecule has 1 heterocycles. The van der Waals surface area contributed by atoms with E-state index in [0.717, 1.165) is 5.56 Å². The molecule has 1 aliphatic rings. The lowest BCUT2D eigenvalue weighted by atomic mass is 9.92. The Labute approximate surface area is 195 Å². The van der Waals surface area contributed by atoms with Gasteiger partial charge in [-0.05, 0) is 48.4 Å². The number of rotatable bonds is 4. The summed E-state index contributed by atoms with van der Waals surface area (Å²) in [7, 11) is 1.51.